The highest BCUT2D eigenvalue weighted by molar-refractivity contribution is 6.39. The molecule has 30 heavy (non-hydrogen) atoms. The number of carbonyl (C=O) groups excluding carboxylic acids is 3. The van der Waals surface area contributed by atoms with E-state index < -0.39 is 17.8 Å². The topological polar surface area (TPSA) is 69.7 Å². The van der Waals surface area contributed by atoms with E-state index in [2.05, 4.69) is 10.2 Å². The van der Waals surface area contributed by atoms with Gasteiger partial charge in [-0.1, -0.05) is 37.1 Å². The van der Waals surface area contributed by atoms with Crippen LogP contribution in [0, 0.1) is 6.92 Å². The first kappa shape index (κ1) is 19.9. The second-order valence-corrected chi connectivity index (χ2v) is 7.79. The molecule has 2 saturated heterocycles. The van der Waals surface area contributed by atoms with Crippen LogP contribution in [0.25, 0.3) is 6.08 Å². The Hall–Kier alpha value is -3.41. The molecule has 2 aliphatic rings. The van der Waals surface area contributed by atoms with E-state index in [1.54, 1.807) is 24.3 Å². The highest BCUT2D eigenvalue weighted by Crippen LogP contribution is 2.24. The molecular weight excluding hydrogens is 378 g/mol. The van der Waals surface area contributed by atoms with Gasteiger partial charge in [0.15, 0.2) is 0 Å². The van der Waals surface area contributed by atoms with Crippen molar-refractivity contribution in [2.45, 2.75) is 32.6 Å². The molecule has 2 heterocycles. The van der Waals surface area contributed by atoms with Crippen molar-refractivity contribution in [1.82, 2.24) is 5.32 Å². The molecule has 0 atom stereocenters. The third-order valence-electron chi connectivity index (χ3n) is 5.54. The van der Waals surface area contributed by atoms with Crippen LogP contribution in [0.15, 0.2) is 54.1 Å². The molecular formula is C24H25N3O3. The summed E-state index contributed by atoms with van der Waals surface area (Å²) in [7, 11) is 0. The molecule has 0 radical (unpaired) electrons. The van der Waals surface area contributed by atoms with Crippen molar-refractivity contribution in [3.8, 4) is 0 Å². The predicted octanol–water partition coefficient (Wildman–Crippen LogP) is 4.04. The largest absolute Gasteiger partial charge is 0.372 e. The Labute approximate surface area is 176 Å². The average Bonchev–Trinajstić information content (AvgIpc) is 3.01. The number of hydrogen-bond donors (Lipinski definition) is 1. The average molecular weight is 403 g/mol. The van der Waals surface area contributed by atoms with Crippen LogP contribution in [-0.2, 0) is 9.59 Å². The van der Waals surface area contributed by atoms with Crippen molar-refractivity contribution >= 4 is 35.3 Å². The molecule has 6 heteroatoms. The van der Waals surface area contributed by atoms with Gasteiger partial charge in [0, 0.05) is 18.8 Å². The number of aryl methyl sites for hydroxylation is 1. The number of rotatable bonds is 3. The fourth-order valence-corrected chi connectivity index (χ4v) is 3.94. The Morgan fingerprint density at radius 3 is 2.23 bits per heavy atom. The number of anilines is 2. The van der Waals surface area contributed by atoms with Crippen LogP contribution in [-0.4, -0.2) is 30.9 Å². The summed E-state index contributed by atoms with van der Waals surface area (Å²) in [6, 6.07) is 14.2. The molecule has 0 saturated carbocycles. The van der Waals surface area contributed by atoms with Crippen LogP contribution in [0.1, 0.15) is 36.8 Å². The minimum absolute atomic E-state index is 0.0568. The molecule has 154 valence electrons. The summed E-state index contributed by atoms with van der Waals surface area (Å²) in [4.78, 5) is 41.0. The quantitative estimate of drug-likeness (QED) is 0.620. The van der Waals surface area contributed by atoms with E-state index >= 15 is 0 Å². The molecule has 4 amide bonds. The van der Waals surface area contributed by atoms with Crippen molar-refractivity contribution in [3.05, 3.63) is 65.2 Å². The van der Waals surface area contributed by atoms with E-state index in [4.69, 9.17) is 0 Å². The Morgan fingerprint density at radius 1 is 0.867 bits per heavy atom. The fourth-order valence-electron chi connectivity index (χ4n) is 3.94. The first-order valence-electron chi connectivity index (χ1n) is 10.4. The van der Waals surface area contributed by atoms with Gasteiger partial charge in [-0.05, 0) is 61.2 Å². The monoisotopic (exact) mass is 403 g/mol. The van der Waals surface area contributed by atoms with Crippen LogP contribution < -0.4 is 15.1 Å². The SMILES string of the molecule is Cc1cccc(N2C(=O)NC(=O)C(=Cc3ccc(N4CCCCCC4)cc3)C2=O)c1. The lowest BCUT2D eigenvalue weighted by atomic mass is 10.1. The molecule has 0 spiro atoms. The standard InChI is InChI=1S/C24H25N3O3/c1-17-7-6-8-20(15-17)27-23(29)21(22(28)25-24(27)30)16-18-9-11-19(12-10-18)26-13-4-2-3-5-14-26/h6-12,15-16H,2-5,13-14H2,1H3,(H,25,28,30). The molecule has 2 aliphatic heterocycles. The van der Waals surface area contributed by atoms with Gasteiger partial charge < -0.3 is 4.90 Å². The minimum Gasteiger partial charge on any atom is -0.372 e. The molecule has 0 aliphatic carbocycles. The zero-order valence-electron chi connectivity index (χ0n) is 17.1. The van der Waals surface area contributed by atoms with Crippen LogP contribution in [0.3, 0.4) is 0 Å². The second-order valence-electron chi connectivity index (χ2n) is 7.79. The number of hydrogen-bond acceptors (Lipinski definition) is 4. The molecule has 2 aromatic carbocycles. The first-order chi connectivity index (χ1) is 14.5. The van der Waals surface area contributed by atoms with Crippen LogP contribution in [0.5, 0.6) is 0 Å². The third-order valence-corrected chi connectivity index (χ3v) is 5.54. The fraction of sp³-hybridized carbons (Fsp3) is 0.292. The third kappa shape index (κ3) is 4.13. The van der Waals surface area contributed by atoms with Crippen molar-refractivity contribution in [3.63, 3.8) is 0 Å². The smallest absolute Gasteiger partial charge is 0.335 e. The number of amides is 4. The molecule has 0 unspecified atom stereocenters. The number of nitrogens with zero attached hydrogens (tertiary/aromatic N) is 2. The van der Waals surface area contributed by atoms with Gasteiger partial charge in [-0.15, -0.1) is 0 Å². The molecule has 2 aromatic rings. The van der Waals surface area contributed by atoms with Gasteiger partial charge in [-0.3, -0.25) is 14.9 Å². The summed E-state index contributed by atoms with van der Waals surface area (Å²) in [6.45, 7) is 3.98. The van der Waals surface area contributed by atoms with Crippen molar-refractivity contribution in [1.29, 1.82) is 0 Å². The Kier molecular flexibility index (Phi) is 5.65. The lowest BCUT2D eigenvalue weighted by Crippen LogP contribution is -2.54. The Morgan fingerprint density at radius 2 is 1.57 bits per heavy atom. The number of benzene rings is 2. The number of nitrogens with one attached hydrogen (secondary N) is 1. The number of barbiturate groups is 1. The van der Waals surface area contributed by atoms with Gasteiger partial charge in [0.25, 0.3) is 11.8 Å². The maximum absolute atomic E-state index is 13.0. The summed E-state index contributed by atoms with van der Waals surface area (Å²) in [5, 5.41) is 2.27. The lowest BCUT2D eigenvalue weighted by Gasteiger charge is -2.26. The number of urea groups is 1. The van der Waals surface area contributed by atoms with Gasteiger partial charge >= 0.3 is 6.03 Å². The normalized spacial score (nSPS) is 19.1. The van der Waals surface area contributed by atoms with Gasteiger partial charge in [-0.2, -0.15) is 0 Å². The Bertz CT molecular complexity index is 1000. The van der Waals surface area contributed by atoms with E-state index in [1.807, 2.05) is 37.3 Å². The summed E-state index contributed by atoms with van der Waals surface area (Å²) in [5.41, 5.74) is 3.19. The number of imide groups is 2. The second kappa shape index (κ2) is 8.53. The van der Waals surface area contributed by atoms with Crippen LogP contribution in [0.2, 0.25) is 0 Å². The summed E-state index contributed by atoms with van der Waals surface area (Å²) in [5.74, 6) is -1.29. The first-order valence-corrected chi connectivity index (χ1v) is 10.4. The van der Waals surface area contributed by atoms with E-state index in [0.717, 1.165) is 34.8 Å². The van der Waals surface area contributed by atoms with Gasteiger partial charge in [-0.25, -0.2) is 9.69 Å². The molecule has 6 nitrogen and oxygen atoms in total. The summed E-state index contributed by atoms with van der Waals surface area (Å²) < 4.78 is 0. The highest BCUT2D eigenvalue weighted by atomic mass is 16.2. The molecule has 2 fully saturated rings. The zero-order chi connectivity index (χ0) is 21.1. The summed E-state index contributed by atoms with van der Waals surface area (Å²) >= 11 is 0. The van der Waals surface area contributed by atoms with Crippen LogP contribution in [0.4, 0.5) is 16.2 Å². The van der Waals surface area contributed by atoms with E-state index in [-0.39, 0.29) is 5.57 Å². The van der Waals surface area contributed by atoms with E-state index in [9.17, 15) is 14.4 Å². The van der Waals surface area contributed by atoms with Crippen LogP contribution >= 0.6 is 0 Å². The summed E-state index contributed by atoms with van der Waals surface area (Å²) in [6.07, 6.45) is 6.48. The van der Waals surface area contributed by atoms with Gasteiger partial charge in [0.1, 0.15) is 5.57 Å². The number of carbonyl (C=O) groups is 3. The maximum atomic E-state index is 13.0. The van der Waals surface area contributed by atoms with E-state index in [1.165, 1.54) is 25.7 Å². The molecule has 4 rings (SSSR count). The van der Waals surface area contributed by atoms with Crippen molar-refractivity contribution < 1.29 is 14.4 Å². The lowest BCUT2D eigenvalue weighted by molar-refractivity contribution is -0.122. The van der Waals surface area contributed by atoms with E-state index in [0.29, 0.717) is 5.69 Å². The molecule has 0 bridgehead atoms. The Balaban J connectivity index is 1.59. The maximum Gasteiger partial charge on any atom is 0.335 e. The predicted molar refractivity (Wildman–Crippen MR) is 117 cm³/mol. The molecule has 1 N–H and O–H groups in total. The minimum atomic E-state index is -0.732. The van der Waals surface area contributed by atoms with Gasteiger partial charge in [0.2, 0.25) is 0 Å². The zero-order valence-corrected chi connectivity index (χ0v) is 17.1. The van der Waals surface area contributed by atoms with Crippen molar-refractivity contribution in [2.75, 3.05) is 22.9 Å². The molecule has 0 aromatic heterocycles. The van der Waals surface area contributed by atoms with Crippen molar-refractivity contribution in [2.24, 2.45) is 0 Å². The highest BCUT2D eigenvalue weighted by Gasteiger charge is 2.36. The van der Waals surface area contributed by atoms with Gasteiger partial charge in [0.05, 0.1) is 5.69 Å².